The molecule has 0 aromatic heterocycles. The Labute approximate surface area is 142 Å². The number of fused-ring (bicyclic) bond motifs is 3. The lowest BCUT2D eigenvalue weighted by Gasteiger charge is -2.54. The van der Waals surface area contributed by atoms with Crippen LogP contribution >= 0.6 is 0 Å². The number of nitriles is 1. The van der Waals surface area contributed by atoms with Gasteiger partial charge in [-0.1, -0.05) is 51.2 Å². The fourth-order valence-electron chi connectivity index (χ4n) is 5.07. The van der Waals surface area contributed by atoms with Gasteiger partial charge in [-0.05, 0) is 73.5 Å². The molecule has 0 amide bonds. The lowest BCUT2D eigenvalue weighted by molar-refractivity contribution is 0.0304. The molecule has 3 aliphatic rings. The van der Waals surface area contributed by atoms with Gasteiger partial charge < -0.3 is 0 Å². The van der Waals surface area contributed by atoms with Gasteiger partial charge in [0, 0.05) is 0 Å². The van der Waals surface area contributed by atoms with Crippen LogP contribution in [-0.2, 0) is 5.41 Å². The average molecular weight is 309 g/mol. The molecular weight excluding hydrogens is 278 g/mol. The predicted octanol–water partition coefficient (Wildman–Crippen LogP) is 6.51. The molecule has 4 rings (SSSR count). The summed E-state index contributed by atoms with van der Waals surface area (Å²) in [6, 6.07) is 10.7. The normalized spacial score (nSPS) is 29.4. The Morgan fingerprint density at radius 3 is 2.04 bits per heavy atom. The van der Waals surface area contributed by atoms with Crippen LogP contribution in [-0.4, -0.2) is 0 Å². The summed E-state index contributed by atoms with van der Waals surface area (Å²) in [5.41, 5.74) is 3.39. The molecule has 1 heteroatoms. The third kappa shape index (κ3) is 3.47. The number of hydrogen-bond acceptors (Lipinski definition) is 1. The van der Waals surface area contributed by atoms with Crippen molar-refractivity contribution in [2.24, 2.45) is 5.41 Å². The third-order valence-electron chi connectivity index (χ3n) is 6.84. The van der Waals surface area contributed by atoms with Crippen molar-refractivity contribution in [2.45, 2.75) is 89.4 Å². The summed E-state index contributed by atoms with van der Waals surface area (Å²) in [4.78, 5) is 0. The molecule has 1 aromatic carbocycles. The first kappa shape index (κ1) is 16.6. The van der Waals surface area contributed by atoms with Gasteiger partial charge in [0.15, 0.2) is 0 Å². The molecule has 0 atom stereocenters. The maximum atomic E-state index is 8.99. The molecule has 124 valence electrons. The first-order valence-corrected chi connectivity index (χ1v) is 9.73. The number of unbranched alkanes of at least 4 members (excludes halogenated alkanes) is 4. The SMILES string of the molecule is CCCCCCCC12CCC(c3ccc(C#N)cc3)(CC1)CC2. The van der Waals surface area contributed by atoms with Crippen LogP contribution in [0.25, 0.3) is 0 Å². The lowest BCUT2D eigenvalue weighted by Crippen LogP contribution is -2.44. The van der Waals surface area contributed by atoms with E-state index in [0.717, 1.165) is 5.56 Å². The molecule has 0 heterocycles. The maximum Gasteiger partial charge on any atom is 0.0991 e. The molecule has 0 radical (unpaired) electrons. The van der Waals surface area contributed by atoms with E-state index < -0.39 is 0 Å². The molecule has 0 N–H and O–H groups in total. The second-order valence-electron chi connectivity index (χ2n) is 8.13. The molecule has 1 nitrogen and oxygen atoms in total. The van der Waals surface area contributed by atoms with Crippen molar-refractivity contribution in [3.63, 3.8) is 0 Å². The van der Waals surface area contributed by atoms with Gasteiger partial charge in [-0.3, -0.25) is 0 Å². The fourth-order valence-corrected chi connectivity index (χ4v) is 5.07. The quantitative estimate of drug-likeness (QED) is 0.527. The molecule has 23 heavy (non-hydrogen) atoms. The van der Waals surface area contributed by atoms with Crippen LogP contribution < -0.4 is 0 Å². The molecule has 0 aliphatic heterocycles. The van der Waals surface area contributed by atoms with E-state index in [1.54, 1.807) is 0 Å². The maximum absolute atomic E-state index is 8.99. The molecule has 0 saturated heterocycles. The van der Waals surface area contributed by atoms with Crippen LogP contribution in [0.1, 0.15) is 95.1 Å². The number of rotatable bonds is 7. The van der Waals surface area contributed by atoms with Crippen molar-refractivity contribution in [3.05, 3.63) is 35.4 Å². The van der Waals surface area contributed by atoms with Gasteiger partial charge in [0.05, 0.1) is 11.6 Å². The zero-order valence-electron chi connectivity index (χ0n) is 14.7. The number of benzene rings is 1. The van der Waals surface area contributed by atoms with Crippen molar-refractivity contribution < 1.29 is 0 Å². The summed E-state index contributed by atoms with van der Waals surface area (Å²) >= 11 is 0. The second kappa shape index (κ2) is 7.08. The molecule has 3 saturated carbocycles. The Morgan fingerprint density at radius 1 is 0.870 bits per heavy atom. The topological polar surface area (TPSA) is 23.8 Å². The molecule has 3 fully saturated rings. The Bertz CT molecular complexity index is 524. The molecule has 3 aliphatic carbocycles. The van der Waals surface area contributed by atoms with E-state index in [1.807, 2.05) is 12.1 Å². The minimum atomic E-state index is 0.429. The minimum Gasteiger partial charge on any atom is -0.192 e. The van der Waals surface area contributed by atoms with Gasteiger partial charge in [-0.25, -0.2) is 0 Å². The summed E-state index contributed by atoms with van der Waals surface area (Å²) in [6.07, 6.45) is 17.0. The highest BCUT2D eigenvalue weighted by molar-refractivity contribution is 5.36. The second-order valence-corrected chi connectivity index (χ2v) is 8.13. The van der Waals surface area contributed by atoms with Crippen LogP contribution in [0.4, 0.5) is 0 Å². The van der Waals surface area contributed by atoms with Crippen molar-refractivity contribution in [2.75, 3.05) is 0 Å². The molecule has 0 spiro atoms. The lowest BCUT2D eigenvalue weighted by atomic mass is 9.51. The Balaban J connectivity index is 1.57. The van der Waals surface area contributed by atoms with Gasteiger partial charge in [0.25, 0.3) is 0 Å². The zero-order valence-corrected chi connectivity index (χ0v) is 14.7. The number of nitrogens with zero attached hydrogens (tertiary/aromatic N) is 1. The minimum absolute atomic E-state index is 0.429. The van der Waals surface area contributed by atoms with Crippen molar-refractivity contribution in [1.82, 2.24) is 0 Å². The molecule has 0 unspecified atom stereocenters. The molecular formula is C22H31N. The highest BCUT2D eigenvalue weighted by Crippen LogP contribution is 2.59. The highest BCUT2D eigenvalue weighted by atomic mass is 14.5. The summed E-state index contributed by atoms with van der Waals surface area (Å²) in [5.74, 6) is 0. The number of hydrogen-bond donors (Lipinski definition) is 0. The van der Waals surface area contributed by atoms with E-state index in [2.05, 4.69) is 25.1 Å². The van der Waals surface area contributed by atoms with Crippen LogP contribution in [0, 0.1) is 16.7 Å². The van der Waals surface area contributed by atoms with Gasteiger partial charge >= 0.3 is 0 Å². The zero-order chi connectivity index (χ0) is 16.2. The summed E-state index contributed by atoms with van der Waals surface area (Å²) in [5, 5.41) is 8.99. The average Bonchev–Trinajstić information content (AvgIpc) is 2.63. The fraction of sp³-hybridized carbons (Fsp3) is 0.682. The van der Waals surface area contributed by atoms with E-state index >= 15 is 0 Å². The van der Waals surface area contributed by atoms with E-state index in [4.69, 9.17) is 5.26 Å². The Hall–Kier alpha value is -1.29. The standard InChI is InChI=1S/C22H31N/c1-2-3-4-5-6-11-21-12-15-22(16-13-21,17-14-21)20-9-7-19(18-23)8-10-20/h7-10H,2-6,11-17H2,1H3. The van der Waals surface area contributed by atoms with Gasteiger partial charge in [-0.2, -0.15) is 5.26 Å². The van der Waals surface area contributed by atoms with E-state index in [0.29, 0.717) is 10.8 Å². The first-order valence-electron chi connectivity index (χ1n) is 9.73. The van der Waals surface area contributed by atoms with Gasteiger partial charge in [-0.15, -0.1) is 0 Å². The summed E-state index contributed by atoms with van der Waals surface area (Å²) in [7, 11) is 0. The predicted molar refractivity (Wildman–Crippen MR) is 96.3 cm³/mol. The van der Waals surface area contributed by atoms with Crippen molar-refractivity contribution in [3.8, 4) is 6.07 Å². The largest absolute Gasteiger partial charge is 0.192 e. The smallest absolute Gasteiger partial charge is 0.0991 e. The van der Waals surface area contributed by atoms with E-state index in [1.165, 1.54) is 82.6 Å². The van der Waals surface area contributed by atoms with Gasteiger partial charge in [0.2, 0.25) is 0 Å². The molecule has 1 aromatic rings. The van der Waals surface area contributed by atoms with Crippen LogP contribution in [0.5, 0.6) is 0 Å². The van der Waals surface area contributed by atoms with Gasteiger partial charge in [0.1, 0.15) is 0 Å². The first-order chi connectivity index (χ1) is 11.2. The summed E-state index contributed by atoms with van der Waals surface area (Å²) in [6.45, 7) is 2.30. The third-order valence-corrected chi connectivity index (χ3v) is 6.84. The highest BCUT2D eigenvalue weighted by Gasteiger charge is 2.48. The van der Waals surface area contributed by atoms with Crippen molar-refractivity contribution in [1.29, 1.82) is 5.26 Å². The van der Waals surface area contributed by atoms with E-state index in [-0.39, 0.29) is 0 Å². The molecule has 2 bridgehead atoms. The van der Waals surface area contributed by atoms with Crippen LogP contribution in [0.2, 0.25) is 0 Å². The Kier molecular flexibility index (Phi) is 5.10. The van der Waals surface area contributed by atoms with Crippen LogP contribution in [0.15, 0.2) is 24.3 Å². The van der Waals surface area contributed by atoms with Crippen LogP contribution in [0.3, 0.4) is 0 Å². The Morgan fingerprint density at radius 2 is 1.48 bits per heavy atom. The van der Waals surface area contributed by atoms with Crippen molar-refractivity contribution >= 4 is 0 Å². The monoisotopic (exact) mass is 309 g/mol. The van der Waals surface area contributed by atoms with E-state index in [9.17, 15) is 0 Å². The summed E-state index contributed by atoms with van der Waals surface area (Å²) < 4.78 is 0.